The number of carbonyl (C=O) groups excluding carboxylic acids is 2. The van der Waals surface area contributed by atoms with Crippen molar-refractivity contribution in [2.75, 3.05) is 13.1 Å². The molecular weight excluding hydrogens is 278 g/mol. The van der Waals surface area contributed by atoms with Gasteiger partial charge in [-0.1, -0.05) is 23.8 Å². The fourth-order valence-corrected chi connectivity index (χ4v) is 2.67. The summed E-state index contributed by atoms with van der Waals surface area (Å²) in [5, 5.41) is 2.97. The number of rotatable bonds is 3. The largest absolute Gasteiger partial charge is 0.351 e. The standard InChI is InChI=1S/C17H23N3O2/c1-12-3-4-14(13(2)11-12)5-6-16(21)19-15-7-9-20(10-8-15)17(18)22/h3-6,11,15H,7-10H2,1-2H3,(H2,18,22)(H,19,21)/b6-5-. The Bertz CT molecular complexity index is 588. The predicted octanol–water partition coefficient (Wildman–Crippen LogP) is 1.98. The summed E-state index contributed by atoms with van der Waals surface area (Å²) in [6, 6.07) is 5.85. The Hall–Kier alpha value is -2.30. The number of urea groups is 1. The summed E-state index contributed by atoms with van der Waals surface area (Å²) in [6.07, 6.45) is 4.89. The molecule has 1 aromatic carbocycles. The number of carbonyl (C=O) groups is 2. The smallest absolute Gasteiger partial charge is 0.314 e. The summed E-state index contributed by atoms with van der Waals surface area (Å²) in [5.74, 6) is -0.0995. The fraction of sp³-hybridized carbons (Fsp3) is 0.412. The molecule has 1 aliphatic heterocycles. The first-order valence-electron chi connectivity index (χ1n) is 7.56. The van der Waals surface area contributed by atoms with Crippen LogP contribution in [0.2, 0.25) is 0 Å². The van der Waals surface area contributed by atoms with E-state index in [1.165, 1.54) is 5.56 Å². The van der Waals surface area contributed by atoms with E-state index in [1.807, 2.05) is 32.1 Å². The van der Waals surface area contributed by atoms with Gasteiger partial charge in [0, 0.05) is 25.2 Å². The van der Waals surface area contributed by atoms with Gasteiger partial charge in [-0.05, 0) is 43.9 Å². The number of nitrogens with one attached hydrogen (secondary N) is 1. The van der Waals surface area contributed by atoms with Crippen molar-refractivity contribution in [3.8, 4) is 0 Å². The lowest BCUT2D eigenvalue weighted by atomic mass is 10.0. The van der Waals surface area contributed by atoms with Crippen LogP contribution in [-0.4, -0.2) is 36.0 Å². The average Bonchev–Trinajstić information content (AvgIpc) is 2.47. The molecule has 1 saturated heterocycles. The van der Waals surface area contributed by atoms with Crippen LogP contribution >= 0.6 is 0 Å². The second kappa shape index (κ2) is 7.11. The van der Waals surface area contributed by atoms with Crippen LogP contribution in [0.25, 0.3) is 6.08 Å². The van der Waals surface area contributed by atoms with Crippen molar-refractivity contribution >= 4 is 18.0 Å². The Morgan fingerprint density at radius 3 is 2.55 bits per heavy atom. The number of amides is 3. The van der Waals surface area contributed by atoms with Crippen LogP contribution in [0.5, 0.6) is 0 Å². The van der Waals surface area contributed by atoms with Crippen LogP contribution in [0.3, 0.4) is 0 Å². The molecule has 22 heavy (non-hydrogen) atoms. The molecule has 0 bridgehead atoms. The minimum Gasteiger partial charge on any atom is -0.351 e. The number of likely N-dealkylation sites (tertiary alicyclic amines) is 1. The van der Waals surface area contributed by atoms with Gasteiger partial charge < -0.3 is 16.0 Å². The molecule has 1 aromatic rings. The fourth-order valence-electron chi connectivity index (χ4n) is 2.67. The van der Waals surface area contributed by atoms with E-state index < -0.39 is 0 Å². The zero-order chi connectivity index (χ0) is 16.1. The molecule has 3 amide bonds. The molecule has 2 rings (SSSR count). The Morgan fingerprint density at radius 2 is 1.95 bits per heavy atom. The van der Waals surface area contributed by atoms with Crippen molar-refractivity contribution in [1.82, 2.24) is 10.2 Å². The van der Waals surface area contributed by atoms with Gasteiger partial charge in [-0.15, -0.1) is 0 Å². The van der Waals surface area contributed by atoms with Gasteiger partial charge >= 0.3 is 6.03 Å². The van der Waals surface area contributed by atoms with Gasteiger partial charge in [0.05, 0.1) is 0 Å². The molecule has 0 aromatic heterocycles. The highest BCUT2D eigenvalue weighted by Gasteiger charge is 2.21. The molecule has 118 valence electrons. The average molecular weight is 301 g/mol. The molecule has 0 unspecified atom stereocenters. The molecule has 0 atom stereocenters. The number of hydrogen-bond donors (Lipinski definition) is 2. The van der Waals surface area contributed by atoms with Gasteiger partial charge in [-0.3, -0.25) is 4.79 Å². The maximum Gasteiger partial charge on any atom is 0.314 e. The van der Waals surface area contributed by atoms with E-state index in [2.05, 4.69) is 11.4 Å². The number of aryl methyl sites for hydroxylation is 2. The number of primary amides is 1. The third kappa shape index (κ3) is 4.35. The van der Waals surface area contributed by atoms with Crippen LogP contribution in [0.1, 0.15) is 29.5 Å². The van der Waals surface area contributed by atoms with Crippen molar-refractivity contribution in [3.63, 3.8) is 0 Å². The lowest BCUT2D eigenvalue weighted by Gasteiger charge is -2.30. The summed E-state index contributed by atoms with van der Waals surface area (Å²) < 4.78 is 0. The van der Waals surface area contributed by atoms with Crippen LogP contribution in [0, 0.1) is 13.8 Å². The first-order valence-corrected chi connectivity index (χ1v) is 7.56. The molecule has 0 radical (unpaired) electrons. The van der Waals surface area contributed by atoms with E-state index >= 15 is 0 Å². The van der Waals surface area contributed by atoms with Gasteiger partial charge in [0.15, 0.2) is 0 Å². The summed E-state index contributed by atoms with van der Waals surface area (Å²) in [6.45, 7) is 5.28. The topological polar surface area (TPSA) is 75.4 Å². The molecular formula is C17H23N3O2. The normalized spacial score (nSPS) is 16.0. The summed E-state index contributed by atoms with van der Waals surface area (Å²) in [4.78, 5) is 24.6. The Morgan fingerprint density at radius 1 is 1.27 bits per heavy atom. The molecule has 0 aliphatic carbocycles. The predicted molar refractivity (Wildman–Crippen MR) is 87.3 cm³/mol. The van der Waals surface area contributed by atoms with Gasteiger partial charge in [-0.25, -0.2) is 4.79 Å². The minimum atomic E-state index is -0.389. The van der Waals surface area contributed by atoms with Crippen molar-refractivity contribution in [1.29, 1.82) is 0 Å². The second-order valence-electron chi connectivity index (χ2n) is 5.80. The maximum atomic E-state index is 12.0. The van der Waals surface area contributed by atoms with Crippen LogP contribution < -0.4 is 11.1 Å². The van der Waals surface area contributed by atoms with Crippen molar-refractivity contribution < 1.29 is 9.59 Å². The first-order chi connectivity index (χ1) is 10.5. The zero-order valence-electron chi connectivity index (χ0n) is 13.1. The van der Waals surface area contributed by atoms with Gasteiger partial charge in [0.2, 0.25) is 5.91 Å². The van der Waals surface area contributed by atoms with Crippen molar-refractivity contribution in [3.05, 3.63) is 41.0 Å². The molecule has 1 heterocycles. The lowest BCUT2D eigenvalue weighted by molar-refractivity contribution is -0.117. The van der Waals surface area contributed by atoms with E-state index in [9.17, 15) is 9.59 Å². The summed E-state index contributed by atoms with van der Waals surface area (Å²) in [7, 11) is 0. The molecule has 1 fully saturated rings. The molecule has 5 nitrogen and oxygen atoms in total. The molecule has 1 aliphatic rings. The summed E-state index contributed by atoms with van der Waals surface area (Å²) in [5.41, 5.74) is 8.65. The number of nitrogens with zero attached hydrogens (tertiary/aromatic N) is 1. The van der Waals surface area contributed by atoms with E-state index in [4.69, 9.17) is 5.73 Å². The number of piperidine rings is 1. The van der Waals surface area contributed by atoms with E-state index in [0.717, 1.165) is 24.0 Å². The highest BCUT2D eigenvalue weighted by molar-refractivity contribution is 5.92. The Labute approximate surface area is 131 Å². The van der Waals surface area contributed by atoms with Crippen molar-refractivity contribution in [2.24, 2.45) is 5.73 Å². The van der Waals surface area contributed by atoms with Crippen LogP contribution in [0.15, 0.2) is 24.3 Å². The van der Waals surface area contributed by atoms with E-state index in [1.54, 1.807) is 11.0 Å². The third-order valence-electron chi connectivity index (χ3n) is 3.99. The SMILES string of the molecule is Cc1ccc(/C=C\C(=O)NC2CCN(C(N)=O)CC2)c(C)c1. The van der Waals surface area contributed by atoms with Gasteiger partial charge in [0.25, 0.3) is 0 Å². The number of nitrogens with two attached hydrogens (primary N) is 1. The Balaban J connectivity index is 1.85. The molecule has 0 saturated carbocycles. The molecule has 3 N–H and O–H groups in total. The third-order valence-corrected chi connectivity index (χ3v) is 3.99. The molecule has 0 spiro atoms. The van der Waals surface area contributed by atoms with Crippen LogP contribution in [0.4, 0.5) is 4.79 Å². The quantitative estimate of drug-likeness (QED) is 0.838. The van der Waals surface area contributed by atoms with E-state index in [0.29, 0.717) is 13.1 Å². The maximum absolute atomic E-state index is 12.0. The Kier molecular flexibility index (Phi) is 5.20. The summed E-state index contributed by atoms with van der Waals surface area (Å²) >= 11 is 0. The van der Waals surface area contributed by atoms with Gasteiger partial charge in [-0.2, -0.15) is 0 Å². The monoisotopic (exact) mass is 301 g/mol. The van der Waals surface area contributed by atoms with Gasteiger partial charge in [0.1, 0.15) is 0 Å². The van der Waals surface area contributed by atoms with E-state index in [-0.39, 0.29) is 18.0 Å². The van der Waals surface area contributed by atoms with Crippen molar-refractivity contribution in [2.45, 2.75) is 32.7 Å². The van der Waals surface area contributed by atoms with Crippen LogP contribution in [-0.2, 0) is 4.79 Å². The molecule has 5 heteroatoms. The highest BCUT2D eigenvalue weighted by Crippen LogP contribution is 2.13. The lowest BCUT2D eigenvalue weighted by Crippen LogP contribution is -2.47. The number of benzene rings is 1. The minimum absolute atomic E-state index is 0.0995. The second-order valence-corrected chi connectivity index (χ2v) is 5.80. The zero-order valence-corrected chi connectivity index (χ0v) is 13.1. The highest BCUT2D eigenvalue weighted by atomic mass is 16.2. The number of hydrogen-bond acceptors (Lipinski definition) is 2. The first kappa shape index (κ1) is 16.1.